The molecule has 5 fully saturated rings. The van der Waals surface area contributed by atoms with Crippen molar-refractivity contribution in [2.75, 3.05) is 90.3 Å². The lowest BCUT2D eigenvalue weighted by atomic mass is 9.57. The lowest BCUT2D eigenvalue weighted by Crippen LogP contribution is -2.60. The molecule has 19 heteroatoms. The molecule has 8 rings (SSSR count). The van der Waals surface area contributed by atoms with Crippen molar-refractivity contribution in [3.63, 3.8) is 0 Å². The van der Waals surface area contributed by atoms with E-state index in [2.05, 4.69) is 31.4 Å². The van der Waals surface area contributed by atoms with E-state index in [1.807, 2.05) is 12.1 Å². The van der Waals surface area contributed by atoms with E-state index in [9.17, 15) is 31.2 Å². The number of hydrogen-bond acceptors (Lipinski definition) is 12. The van der Waals surface area contributed by atoms with Crippen LogP contribution in [0.1, 0.15) is 88.8 Å². The molecular weight excluding hydrogens is 926 g/mol. The molecule has 16 nitrogen and oxygen atoms in total. The Kier molecular flexibility index (Phi) is 15.3. The first kappa shape index (κ1) is 50.9. The quantitative estimate of drug-likeness (QED) is 0.230. The summed E-state index contributed by atoms with van der Waals surface area (Å²) in [5, 5.41) is 6.01. The topological polar surface area (TPSA) is 178 Å². The van der Waals surface area contributed by atoms with E-state index in [0.717, 1.165) is 119 Å². The normalized spacial score (nSPS) is 24.1. The van der Waals surface area contributed by atoms with Gasteiger partial charge in [0.25, 0.3) is 0 Å². The molecular formula is C50H72FN7O9S2. The molecule has 0 bridgehead atoms. The largest absolute Gasteiger partial charge is 0.453 e. The van der Waals surface area contributed by atoms with Gasteiger partial charge >= 0.3 is 18.2 Å². The van der Waals surface area contributed by atoms with Crippen molar-refractivity contribution >= 4 is 43.6 Å². The van der Waals surface area contributed by atoms with Gasteiger partial charge in [0.05, 0.1) is 30.3 Å². The monoisotopic (exact) mass is 997 g/mol. The molecule has 380 valence electrons. The number of likely N-dealkylation sites (tertiary alicyclic amines) is 3. The summed E-state index contributed by atoms with van der Waals surface area (Å²) in [6.45, 7) is 13.2. The molecule has 2 N–H and O–H groups in total. The van der Waals surface area contributed by atoms with Crippen molar-refractivity contribution in [3.05, 3.63) is 70.4 Å². The summed E-state index contributed by atoms with van der Waals surface area (Å²) >= 11 is 0. The van der Waals surface area contributed by atoms with E-state index >= 15 is 4.39 Å². The number of nitrogens with one attached hydrogen (secondary N) is 2. The van der Waals surface area contributed by atoms with Gasteiger partial charge in [-0.05, 0) is 139 Å². The second kappa shape index (κ2) is 20.7. The summed E-state index contributed by atoms with van der Waals surface area (Å²) in [6, 6.07) is 10.2. The molecule has 2 aromatic carbocycles. The fraction of sp³-hybridized carbons (Fsp3) is 0.660. The van der Waals surface area contributed by atoms with Crippen LogP contribution in [0.4, 0.5) is 24.5 Å². The summed E-state index contributed by atoms with van der Waals surface area (Å²) in [6.07, 6.45) is 8.19. The highest BCUT2D eigenvalue weighted by atomic mass is 32.2. The average molecular weight is 998 g/mol. The minimum atomic E-state index is -3.96. The van der Waals surface area contributed by atoms with Crippen molar-refractivity contribution in [1.82, 2.24) is 30.2 Å². The second-order valence-corrected chi connectivity index (χ2v) is 25.5. The first-order valence-corrected chi connectivity index (χ1v) is 28.3. The van der Waals surface area contributed by atoms with Crippen LogP contribution in [0.2, 0.25) is 0 Å². The molecule has 0 aromatic heterocycles. The number of alkyl carbamates (subject to hydrolysis) is 1. The number of sulfone groups is 2. The van der Waals surface area contributed by atoms with Gasteiger partial charge in [-0.3, -0.25) is 4.90 Å². The van der Waals surface area contributed by atoms with Crippen molar-refractivity contribution in [2.45, 2.75) is 112 Å². The molecule has 2 aromatic rings. The Bertz CT molecular complexity index is 2470. The molecule has 6 aliphatic rings. The van der Waals surface area contributed by atoms with Crippen LogP contribution in [0, 0.1) is 23.6 Å². The number of nitrogens with zero attached hydrogens (tertiary/aromatic N) is 5. The summed E-state index contributed by atoms with van der Waals surface area (Å²) in [5.74, 6) is 0.566. The third kappa shape index (κ3) is 11.5. The molecule has 1 aliphatic carbocycles. The van der Waals surface area contributed by atoms with Gasteiger partial charge < -0.3 is 39.7 Å². The maximum Gasteiger partial charge on any atom is 0.410 e. The van der Waals surface area contributed by atoms with Crippen LogP contribution in [0.25, 0.3) is 0 Å². The molecule has 4 saturated heterocycles. The zero-order valence-corrected chi connectivity index (χ0v) is 42.6. The highest BCUT2D eigenvalue weighted by Gasteiger charge is 2.53. The van der Waals surface area contributed by atoms with Crippen LogP contribution in [-0.2, 0) is 47.7 Å². The van der Waals surface area contributed by atoms with E-state index in [0.29, 0.717) is 30.9 Å². The van der Waals surface area contributed by atoms with Gasteiger partial charge in [0.15, 0.2) is 19.7 Å². The molecule has 0 spiro atoms. The maximum absolute atomic E-state index is 15.2. The third-order valence-electron chi connectivity index (χ3n) is 15.4. The Hall–Kier alpha value is -4.46. The minimum Gasteiger partial charge on any atom is -0.453 e. The summed E-state index contributed by atoms with van der Waals surface area (Å²) < 4.78 is 78.2. The number of halogens is 1. The van der Waals surface area contributed by atoms with Crippen LogP contribution in [0.3, 0.4) is 0 Å². The lowest BCUT2D eigenvalue weighted by Gasteiger charge is -2.54. The molecule has 5 aliphatic heterocycles. The van der Waals surface area contributed by atoms with Gasteiger partial charge in [0, 0.05) is 86.1 Å². The zero-order chi connectivity index (χ0) is 49.3. The molecule has 1 saturated carbocycles. The Morgan fingerprint density at radius 1 is 0.841 bits per heavy atom. The van der Waals surface area contributed by atoms with Crippen molar-refractivity contribution in [3.8, 4) is 0 Å². The van der Waals surface area contributed by atoms with Gasteiger partial charge in [-0.1, -0.05) is 24.6 Å². The number of amides is 4. The Balaban J connectivity index is 0.961. The molecule has 4 atom stereocenters. The number of piperidine rings is 2. The summed E-state index contributed by atoms with van der Waals surface area (Å²) in [7, 11) is -5.91. The van der Waals surface area contributed by atoms with E-state index in [-0.39, 0.29) is 60.2 Å². The van der Waals surface area contributed by atoms with Crippen LogP contribution in [0.5, 0.6) is 0 Å². The number of urea groups is 1. The first-order chi connectivity index (χ1) is 32.7. The minimum absolute atomic E-state index is 0.0115. The number of benzene rings is 2. The number of rotatable bonds is 14. The van der Waals surface area contributed by atoms with Crippen LogP contribution in [0.15, 0.2) is 52.8 Å². The van der Waals surface area contributed by atoms with Crippen LogP contribution < -0.4 is 15.5 Å². The smallest absolute Gasteiger partial charge is 0.410 e. The van der Waals surface area contributed by atoms with E-state index in [1.165, 1.54) is 24.2 Å². The van der Waals surface area contributed by atoms with E-state index in [1.54, 1.807) is 37.8 Å². The number of anilines is 1. The molecule has 5 heterocycles. The predicted octanol–water partition coefficient (Wildman–Crippen LogP) is 5.90. The third-order valence-corrected chi connectivity index (χ3v) is 18.4. The number of carbonyl (C=O) groups excluding carboxylic acids is 3. The molecule has 69 heavy (non-hydrogen) atoms. The zero-order valence-electron chi connectivity index (χ0n) is 41.0. The molecule has 0 radical (unpaired) electrons. The number of hydrogen-bond donors (Lipinski definition) is 2. The van der Waals surface area contributed by atoms with Crippen LogP contribution >= 0.6 is 0 Å². The van der Waals surface area contributed by atoms with Gasteiger partial charge in [0.1, 0.15) is 11.4 Å². The molecule has 4 amide bonds. The predicted molar refractivity (Wildman–Crippen MR) is 262 cm³/mol. The first-order valence-electron chi connectivity index (χ1n) is 24.8. The number of fused-ring (bicyclic) bond motifs is 1. The number of carbonyl (C=O) groups is 3. The number of methoxy groups -OCH3 is 1. The maximum atomic E-state index is 15.2. The van der Waals surface area contributed by atoms with Crippen molar-refractivity contribution < 1.29 is 45.1 Å². The Morgan fingerprint density at radius 2 is 1.58 bits per heavy atom. The standard InChI is InChI=1S/C50H72FN7O9S2/c1-49(2,3)67-48(61)58-32-40-41(33-58)45(69(64,65)39-13-8-23-56(31-39)46(59)52-20-9-26-68(5,62)63)17-16-44(40)57-29-35(30-57)28-54-24-18-36(19-25-54)50(34-55-21-10-22-55,37-11-6-12-38(51)27-37)42-14-7-15-43(42)53-47(60)66-4/h6,9,11-12,16-17,26-27,35-36,39,42-43H,7-8,10,13-15,18-25,28-34H2,1-5H3,(H,52,59)(H,53,60)/b26-9+/t39-,42+,43+,50+/m1/s1. The second-order valence-electron chi connectivity index (χ2n) is 21.3. The van der Waals surface area contributed by atoms with E-state index < -0.39 is 48.7 Å². The highest BCUT2D eigenvalue weighted by Crippen LogP contribution is 2.52. The van der Waals surface area contributed by atoms with Gasteiger partial charge in [-0.25, -0.2) is 35.6 Å². The average Bonchev–Trinajstić information content (AvgIpc) is 3.94. The fourth-order valence-electron chi connectivity index (χ4n) is 12.1. The van der Waals surface area contributed by atoms with Gasteiger partial charge in [-0.2, -0.15) is 0 Å². The molecule has 0 unspecified atom stereocenters. The van der Waals surface area contributed by atoms with Gasteiger partial charge in [0.2, 0.25) is 0 Å². The summed E-state index contributed by atoms with van der Waals surface area (Å²) in [5.41, 5.74) is 2.24. The van der Waals surface area contributed by atoms with Gasteiger partial charge in [-0.15, -0.1) is 0 Å². The Morgan fingerprint density at radius 3 is 2.25 bits per heavy atom. The van der Waals surface area contributed by atoms with E-state index in [4.69, 9.17) is 9.47 Å². The number of ether oxygens (including phenoxy) is 2. The SMILES string of the molecule is COC(=O)N[C@H]1CCC[C@@H]1[C@](CN1CCC1)(c1cccc(F)c1)C1CCN(CC2CN(c3ccc(S(=O)(=O)[C@@H]4CCCN(C(=O)NC/C=C/S(C)(=O)=O)C4)c4c3CN(C(=O)OC(C)(C)C)C4)C2)CC1. The Labute approximate surface area is 408 Å². The summed E-state index contributed by atoms with van der Waals surface area (Å²) in [4.78, 5) is 49.8. The van der Waals surface area contributed by atoms with Crippen LogP contribution in [-0.4, -0.2) is 157 Å². The fourth-order valence-corrected chi connectivity index (χ4v) is 14.6. The highest BCUT2D eigenvalue weighted by molar-refractivity contribution is 7.93. The van der Waals surface area contributed by atoms with Crippen molar-refractivity contribution in [2.24, 2.45) is 17.8 Å². The van der Waals surface area contributed by atoms with Crippen molar-refractivity contribution in [1.29, 1.82) is 0 Å². The lowest BCUT2D eigenvalue weighted by molar-refractivity contribution is 0.0222.